The molecule has 0 aliphatic heterocycles. The van der Waals surface area contributed by atoms with Gasteiger partial charge in [-0.2, -0.15) is 8.42 Å². The summed E-state index contributed by atoms with van der Waals surface area (Å²) in [6.07, 6.45) is -1.40. The van der Waals surface area contributed by atoms with Crippen LogP contribution in [0.1, 0.15) is 5.56 Å². The van der Waals surface area contributed by atoms with Gasteiger partial charge in [0.25, 0.3) is 0 Å². The molecular weight excluding hydrogens is 248 g/mol. The van der Waals surface area contributed by atoms with Crippen LogP contribution < -0.4 is 16.2 Å². The molecule has 0 bridgehead atoms. The average Bonchev–Trinajstić information content (AvgIpc) is 2.15. The third-order valence-corrected chi connectivity index (χ3v) is 3.35. The quantitative estimate of drug-likeness (QED) is 0.598. The minimum Gasteiger partial charge on any atom is -0.495 e. The highest BCUT2D eigenvalue weighted by atomic mass is 32.2. The fourth-order valence-electron chi connectivity index (χ4n) is 1.29. The van der Waals surface area contributed by atoms with Crippen LogP contribution in [-0.4, -0.2) is 21.6 Å². The van der Waals surface area contributed by atoms with Crippen molar-refractivity contribution in [2.75, 3.05) is 12.8 Å². The Labute approximate surface area is 98.4 Å². The van der Waals surface area contributed by atoms with Gasteiger partial charge in [-0.25, -0.2) is 4.79 Å². The van der Waals surface area contributed by atoms with Gasteiger partial charge in [-0.3, -0.25) is 0 Å². The molecule has 0 aliphatic rings. The number of hydrogen-bond donors (Lipinski definition) is 2. The van der Waals surface area contributed by atoms with Crippen molar-refractivity contribution in [3.63, 3.8) is 0 Å². The van der Waals surface area contributed by atoms with Gasteiger partial charge >= 0.3 is 16.2 Å². The van der Waals surface area contributed by atoms with Crippen LogP contribution in [0.3, 0.4) is 0 Å². The van der Waals surface area contributed by atoms with Crippen LogP contribution in [0.15, 0.2) is 17.0 Å². The molecule has 1 amide bonds. The fraction of sp³-hybridized carbons (Fsp3) is 0.222. The van der Waals surface area contributed by atoms with Gasteiger partial charge < -0.3 is 20.4 Å². The lowest BCUT2D eigenvalue weighted by Gasteiger charge is -2.10. The first-order valence-corrected chi connectivity index (χ1v) is 5.87. The van der Waals surface area contributed by atoms with Crippen molar-refractivity contribution in [1.29, 1.82) is 0 Å². The average molecular weight is 260 g/mol. The number of benzene rings is 1. The predicted octanol–water partition coefficient (Wildman–Crippen LogP) is 0.370. The van der Waals surface area contributed by atoms with E-state index in [1.165, 1.54) is 26.2 Å². The lowest BCUT2D eigenvalue weighted by atomic mass is 10.2. The fourth-order valence-corrected chi connectivity index (χ4v) is 2.30. The highest BCUT2D eigenvalue weighted by Crippen LogP contribution is 2.29. The van der Waals surface area contributed by atoms with E-state index in [0.717, 1.165) is 0 Å². The molecule has 0 atom stereocenters. The number of primary amides is 1. The molecule has 1 aromatic rings. The van der Waals surface area contributed by atoms with E-state index in [4.69, 9.17) is 10.5 Å². The lowest BCUT2D eigenvalue weighted by molar-refractivity contribution is 0.212. The van der Waals surface area contributed by atoms with E-state index in [0.29, 0.717) is 5.56 Å². The number of ether oxygens (including phenoxy) is 1. The maximum Gasteiger partial charge on any atom is 0.420 e. The molecule has 0 saturated heterocycles. The number of hydrogen-bond acceptors (Lipinski definition) is 6. The molecule has 0 fully saturated rings. The zero-order valence-corrected chi connectivity index (χ0v) is 10.1. The Hall–Kier alpha value is -1.96. The summed E-state index contributed by atoms with van der Waals surface area (Å²) in [4.78, 5) is 10.3. The molecule has 1 rings (SSSR count). The van der Waals surface area contributed by atoms with Crippen LogP contribution >= 0.6 is 0 Å². The van der Waals surface area contributed by atoms with Crippen molar-refractivity contribution < 1.29 is 22.1 Å². The summed E-state index contributed by atoms with van der Waals surface area (Å²) >= 11 is 0. The number of aryl methyl sites for hydroxylation is 1. The van der Waals surface area contributed by atoms with Gasteiger partial charge in [-0.1, -0.05) is 0 Å². The summed E-state index contributed by atoms with van der Waals surface area (Å²) in [6.45, 7) is 1.51. The van der Waals surface area contributed by atoms with E-state index in [9.17, 15) is 13.2 Å². The number of carbonyl (C=O) groups excluding carboxylic acids is 1. The number of rotatable bonds is 3. The van der Waals surface area contributed by atoms with Gasteiger partial charge in [0, 0.05) is 6.07 Å². The van der Waals surface area contributed by atoms with Crippen molar-refractivity contribution in [2.24, 2.45) is 5.73 Å². The number of anilines is 1. The van der Waals surface area contributed by atoms with E-state index in [-0.39, 0.29) is 16.3 Å². The molecule has 0 heterocycles. The number of nitrogens with two attached hydrogens (primary N) is 2. The molecule has 0 aromatic heterocycles. The number of nitrogen functional groups attached to an aromatic ring is 1. The minimum atomic E-state index is -4.25. The molecule has 8 heteroatoms. The highest BCUT2D eigenvalue weighted by Gasteiger charge is 2.22. The Kier molecular flexibility index (Phi) is 3.47. The van der Waals surface area contributed by atoms with Gasteiger partial charge in [0.05, 0.1) is 12.8 Å². The van der Waals surface area contributed by atoms with Crippen molar-refractivity contribution >= 4 is 21.9 Å². The molecule has 0 saturated carbocycles. The van der Waals surface area contributed by atoms with Crippen LogP contribution in [0, 0.1) is 6.92 Å². The van der Waals surface area contributed by atoms with E-state index in [2.05, 4.69) is 9.92 Å². The summed E-state index contributed by atoms with van der Waals surface area (Å²) in [7, 11) is -2.91. The zero-order chi connectivity index (χ0) is 13.2. The molecule has 0 unspecified atom stereocenters. The first-order valence-electron chi connectivity index (χ1n) is 4.46. The summed E-state index contributed by atoms with van der Waals surface area (Å²) in [5.41, 5.74) is 10.9. The molecular formula is C9H12N2O5S. The zero-order valence-electron chi connectivity index (χ0n) is 9.26. The third-order valence-electron chi connectivity index (χ3n) is 1.99. The molecule has 0 aliphatic carbocycles. The summed E-state index contributed by atoms with van der Waals surface area (Å²) < 4.78 is 32.2. The van der Waals surface area contributed by atoms with Crippen molar-refractivity contribution in [2.45, 2.75) is 11.8 Å². The van der Waals surface area contributed by atoms with Gasteiger partial charge in [0.15, 0.2) is 0 Å². The van der Waals surface area contributed by atoms with Gasteiger partial charge in [0.1, 0.15) is 10.6 Å². The van der Waals surface area contributed by atoms with Crippen LogP contribution in [0.4, 0.5) is 10.5 Å². The maximum absolute atomic E-state index is 11.6. The van der Waals surface area contributed by atoms with Crippen LogP contribution in [0.25, 0.3) is 0 Å². The Morgan fingerprint density at radius 2 is 1.94 bits per heavy atom. The lowest BCUT2D eigenvalue weighted by Crippen LogP contribution is -2.19. The Balaban J connectivity index is 3.36. The monoisotopic (exact) mass is 260 g/mol. The Morgan fingerprint density at radius 1 is 1.35 bits per heavy atom. The van der Waals surface area contributed by atoms with Crippen LogP contribution in [-0.2, 0) is 14.3 Å². The third kappa shape index (κ3) is 2.78. The topological polar surface area (TPSA) is 122 Å². The first-order chi connectivity index (χ1) is 7.77. The molecule has 4 N–H and O–H groups in total. The van der Waals surface area contributed by atoms with Crippen molar-refractivity contribution in [1.82, 2.24) is 0 Å². The second-order valence-corrected chi connectivity index (χ2v) is 4.73. The predicted molar refractivity (Wildman–Crippen MR) is 60.0 cm³/mol. The number of amides is 1. The van der Waals surface area contributed by atoms with Crippen molar-refractivity contribution in [3.05, 3.63) is 17.7 Å². The van der Waals surface area contributed by atoms with E-state index >= 15 is 0 Å². The molecule has 0 spiro atoms. The first kappa shape index (κ1) is 13.1. The Morgan fingerprint density at radius 3 is 2.41 bits per heavy atom. The molecule has 0 radical (unpaired) electrons. The van der Waals surface area contributed by atoms with E-state index in [1.54, 1.807) is 0 Å². The Bertz CT molecular complexity index is 553. The normalized spacial score (nSPS) is 10.9. The summed E-state index contributed by atoms with van der Waals surface area (Å²) in [6, 6.07) is 2.57. The van der Waals surface area contributed by atoms with E-state index in [1.807, 2.05) is 0 Å². The molecule has 1 aromatic carbocycles. The standard InChI is InChI=1S/C9H12N2O5S/c1-5-3-6(10)7(15-2)4-8(5)17(13,14)16-9(11)12/h3-4H,10H2,1-2H3,(H2,11,12). The second-order valence-electron chi connectivity index (χ2n) is 3.22. The number of methoxy groups -OCH3 is 1. The van der Waals surface area contributed by atoms with E-state index < -0.39 is 16.2 Å². The molecule has 94 valence electrons. The molecule has 7 nitrogen and oxygen atoms in total. The van der Waals surface area contributed by atoms with Crippen LogP contribution in [0.2, 0.25) is 0 Å². The van der Waals surface area contributed by atoms with Crippen molar-refractivity contribution in [3.8, 4) is 5.75 Å². The van der Waals surface area contributed by atoms with Crippen LogP contribution in [0.5, 0.6) is 5.75 Å². The highest BCUT2D eigenvalue weighted by molar-refractivity contribution is 7.87. The van der Waals surface area contributed by atoms with Gasteiger partial charge in [-0.05, 0) is 18.6 Å². The largest absolute Gasteiger partial charge is 0.495 e. The number of carbonyl (C=O) groups is 1. The second kappa shape index (κ2) is 4.50. The SMILES string of the molecule is COc1cc(S(=O)(=O)OC(N)=O)c(C)cc1N. The van der Waals surface area contributed by atoms with Gasteiger partial charge in [-0.15, -0.1) is 0 Å². The van der Waals surface area contributed by atoms with Gasteiger partial charge in [0.2, 0.25) is 0 Å². The summed E-state index contributed by atoms with van der Waals surface area (Å²) in [5, 5.41) is 0. The minimum absolute atomic E-state index is 0.169. The maximum atomic E-state index is 11.6. The molecule has 17 heavy (non-hydrogen) atoms. The summed E-state index contributed by atoms with van der Waals surface area (Å²) in [5.74, 6) is 0.169. The smallest absolute Gasteiger partial charge is 0.420 e.